The summed E-state index contributed by atoms with van der Waals surface area (Å²) >= 11 is 1.60. The van der Waals surface area contributed by atoms with Gasteiger partial charge in [-0.15, -0.1) is 11.3 Å². The van der Waals surface area contributed by atoms with Gasteiger partial charge in [0.05, 0.1) is 21.7 Å². The van der Waals surface area contributed by atoms with Crippen LogP contribution < -0.4 is 11.0 Å². The Labute approximate surface area is 137 Å². The van der Waals surface area contributed by atoms with Crippen LogP contribution in [0.25, 0.3) is 11.0 Å². The summed E-state index contributed by atoms with van der Waals surface area (Å²) in [5, 5.41) is 5.87. The van der Waals surface area contributed by atoms with E-state index in [1.165, 1.54) is 4.57 Å². The van der Waals surface area contributed by atoms with E-state index in [0.29, 0.717) is 13.0 Å². The van der Waals surface area contributed by atoms with Gasteiger partial charge >= 0.3 is 5.69 Å². The molecule has 3 aromatic rings. The van der Waals surface area contributed by atoms with Crippen molar-refractivity contribution in [3.8, 4) is 0 Å². The monoisotopic (exact) mass is 330 g/mol. The molecule has 2 aromatic heterocycles. The molecule has 0 saturated carbocycles. The first-order valence-electron chi connectivity index (χ1n) is 7.38. The molecule has 23 heavy (non-hydrogen) atoms. The Morgan fingerprint density at radius 1 is 1.30 bits per heavy atom. The smallest absolute Gasteiger partial charge is 0.329 e. The largest absolute Gasteiger partial charge is 0.354 e. The van der Waals surface area contributed by atoms with Crippen molar-refractivity contribution >= 4 is 28.3 Å². The van der Waals surface area contributed by atoms with Gasteiger partial charge in [-0.1, -0.05) is 12.1 Å². The highest BCUT2D eigenvalue weighted by Gasteiger charge is 2.12. The minimum atomic E-state index is -0.184. The van der Waals surface area contributed by atoms with E-state index in [-0.39, 0.29) is 18.1 Å². The number of amides is 1. The lowest BCUT2D eigenvalue weighted by atomic mass is 10.3. The fourth-order valence-corrected chi connectivity index (χ4v) is 3.22. The highest BCUT2D eigenvalue weighted by atomic mass is 32.1. The van der Waals surface area contributed by atoms with Gasteiger partial charge in [0.2, 0.25) is 5.91 Å². The quantitative estimate of drug-likeness (QED) is 0.770. The van der Waals surface area contributed by atoms with Crippen LogP contribution in [0.15, 0.2) is 34.4 Å². The minimum Gasteiger partial charge on any atom is -0.354 e. The number of fused-ring (bicyclic) bond motifs is 1. The summed E-state index contributed by atoms with van der Waals surface area (Å²) in [4.78, 5) is 28.7. The second-order valence-electron chi connectivity index (χ2n) is 5.37. The van der Waals surface area contributed by atoms with Gasteiger partial charge in [-0.25, -0.2) is 9.78 Å². The maximum Gasteiger partial charge on any atom is 0.329 e. The molecule has 1 aromatic carbocycles. The summed E-state index contributed by atoms with van der Waals surface area (Å²) in [7, 11) is 1.71. The Morgan fingerprint density at radius 2 is 2.04 bits per heavy atom. The molecule has 0 atom stereocenters. The number of carbonyl (C=O) groups is 1. The number of nitrogens with zero attached hydrogens (tertiary/aromatic N) is 3. The van der Waals surface area contributed by atoms with Crippen LogP contribution in [-0.2, 0) is 24.8 Å². The van der Waals surface area contributed by atoms with Crippen LogP contribution in [-0.4, -0.2) is 26.6 Å². The lowest BCUT2D eigenvalue weighted by molar-refractivity contribution is -0.121. The zero-order valence-corrected chi connectivity index (χ0v) is 13.9. The number of hydrogen-bond donors (Lipinski definition) is 1. The van der Waals surface area contributed by atoms with Crippen LogP contribution in [0.3, 0.4) is 0 Å². The summed E-state index contributed by atoms with van der Waals surface area (Å²) in [5.41, 5.74) is 2.39. The first-order chi connectivity index (χ1) is 11.1. The lowest BCUT2D eigenvalue weighted by Crippen LogP contribution is -2.33. The average molecular weight is 330 g/mol. The van der Waals surface area contributed by atoms with Crippen molar-refractivity contribution < 1.29 is 4.79 Å². The average Bonchev–Trinajstić information content (AvgIpc) is 3.05. The Kier molecular flexibility index (Phi) is 4.29. The molecule has 0 bridgehead atoms. The summed E-state index contributed by atoms with van der Waals surface area (Å²) < 4.78 is 3.05. The number of nitrogens with one attached hydrogen (secondary N) is 1. The summed E-state index contributed by atoms with van der Waals surface area (Å²) in [6, 6.07) is 7.46. The van der Waals surface area contributed by atoms with Crippen molar-refractivity contribution in [2.45, 2.75) is 19.9 Å². The third-order valence-corrected chi connectivity index (χ3v) is 4.55. The van der Waals surface area contributed by atoms with E-state index < -0.39 is 0 Å². The highest BCUT2D eigenvalue weighted by molar-refractivity contribution is 7.09. The molecule has 0 radical (unpaired) electrons. The maximum atomic E-state index is 12.3. The van der Waals surface area contributed by atoms with Gasteiger partial charge < -0.3 is 5.32 Å². The van der Waals surface area contributed by atoms with E-state index in [0.717, 1.165) is 21.7 Å². The first kappa shape index (κ1) is 15.5. The molecule has 6 nitrogen and oxygen atoms in total. The van der Waals surface area contributed by atoms with Gasteiger partial charge in [0.15, 0.2) is 0 Å². The van der Waals surface area contributed by atoms with Gasteiger partial charge in [-0.3, -0.25) is 13.9 Å². The van der Waals surface area contributed by atoms with Crippen molar-refractivity contribution in [2.75, 3.05) is 6.54 Å². The number of imidazole rings is 1. The number of benzene rings is 1. The SMILES string of the molecule is Cc1nc(CCNC(=O)Cn2c(=O)n(C)c3ccccc32)cs1. The number of rotatable bonds is 5. The normalized spacial score (nSPS) is 11.0. The Balaban J connectivity index is 1.66. The molecular formula is C16H18N4O2S. The fourth-order valence-electron chi connectivity index (χ4n) is 2.57. The van der Waals surface area contributed by atoms with Crippen LogP contribution in [0.2, 0.25) is 0 Å². The van der Waals surface area contributed by atoms with E-state index in [2.05, 4.69) is 10.3 Å². The van der Waals surface area contributed by atoms with Gasteiger partial charge in [-0.2, -0.15) is 0 Å². The molecule has 0 fully saturated rings. The number of aryl methyl sites for hydroxylation is 2. The van der Waals surface area contributed by atoms with Crippen LogP contribution >= 0.6 is 11.3 Å². The predicted molar refractivity (Wildman–Crippen MR) is 90.7 cm³/mol. The highest BCUT2D eigenvalue weighted by Crippen LogP contribution is 2.11. The zero-order valence-electron chi connectivity index (χ0n) is 13.1. The predicted octanol–water partition coefficient (Wildman–Crippen LogP) is 1.46. The van der Waals surface area contributed by atoms with Crippen molar-refractivity contribution in [2.24, 2.45) is 7.05 Å². The van der Waals surface area contributed by atoms with E-state index in [1.54, 1.807) is 23.0 Å². The van der Waals surface area contributed by atoms with Crippen LogP contribution in [0.5, 0.6) is 0 Å². The first-order valence-corrected chi connectivity index (χ1v) is 8.26. The van der Waals surface area contributed by atoms with E-state index in [9.17, 15) is 9.59 Å². The fraction of sp³-hybridized carbons (Fsp3) is 0.312. The molecule has 120 valence electrons. The second-order valence-corrected chi connectivity index (χ2v) is 6.44. The molecular weight excluding hydrogens is 312 g/mol. The van der Waals surface area contributed by atoms with Gasteiger partial charge in [-0.05, 0) is 19.1 Å². The summed E-state index contributed by atoms with van der Waals surface area (Å²) in [5.74, 6) is -0.171. The summed E-state index contributed by atoms with van der Waals surface area (Å²) in [6.07, 6.45) is 0.695. The van der Waals surface area contributed by atoms with E-state index in [4.69, 9.17) is 0 Å². The Bertz CT molecular complexity index is 906. The van der Waals surface area contributed by atoms with Crippen molar-refractivity contribution in [3.63, 3.8) is 0 Å². The number of carbonyl (C=O) groups excluding carboxylic acids is 1. The number of thiazole rings is 1. The van der Waals surface area contributed by atoms with E-state index >= 15 is 0 Å². The van der Waals surface area contributed by atoms with Crippen LogP contribution in [0.4, 0.5) is 0 Å². The minimum absolute atomic E-state index is 0.0241. The number of hydrogen-bond acceptors (Lipinski definition) is 4. The number of aromatic nitrogens is 3. The topological polar surface area (TPSA) is 68.9 Å². The molecule has 0 aliphatic carbocycles. The maximum absolute atomic E-state index is 12.3. The molecule has 1 N–H and O–H groups in total. The molecule has 0 unspecified atom stereocenters. The second kappa shape index (κ2) is 6.37. The molecule has 0 aliphatic heterocycles. The summed E-state index contributed by atoms with van der Waals surface area (Å²) in [6.45, 7) is 2.50. The molecule has 0 spiro atoms. The molecule has 7 heteroatoms. The van der Waals surface area contributed by atoms with Gasteiger partial charge in [0.25, 0.3) is 0 Å². The third kappa shape index (κ3) is 3.19. The zero-order chi connectivity index (χ0) is 16.4. The Morgan fingerprint density at radius 3 is 2.74 bits per heavy atom. The standard InChI is InChI=1S/C16H18N4O2S/c1-11-18-12(10-23-11)7-8-17-15(21)9-20-14-6-4-3-5-13(14)19(2)16(20)22/h3-6,10H,7-9H2,1-2H3,(H,17,21). The van der Waals surface area contributed by atoms with Crippen LogP contribution in [0, 0.1) is 6.92 Å². The molecule has 2 heterocycles. The number of para-hydroxylation sites is 2. The lowest BCUT2D eigenvalue weighted by Gasteiger charge is -2.05. The molecule has 0 saturated heterocycles. The van der Waals surface area contributed by atoms with E-state index in [1.807, 2.05) is 36.6 Å². The van der Waals surface area contributed by atoms with Crippen molar-refractivity contribution in [1.82, 2.24) is 19.4 Å². The Hall–Kier alpha value is -2.41. The molecule has 3 rings (SSSR count). The molecule has 0 aliphatic rings. The van der Waals surface area contributed by atoms with Crippen molar-refractivity contribution in [3.05, 3.63) is 50.8 Å². The van der Waals surface area contributed by atoms with Crippen molar-refractivity contribution in [1.29, 1.82) is 0 Å². The molecule has 1 amide bonds. The van der Waals surface area contributed by atoms with Gasteiger partial charge in [0, 0.05) is 25.4 Å². The van der Waals surface area contributed by atoms with Gasteiger partial charge in [0.1, 0.15) is 6.54 Å². The van der Waals surface area contributed by atoms with Crippen LogP contribution in [0.1, 0.15) is 10.7 Å². The third-order valence-electron chi connectivity index (χ3n) is 3.72.